The molecular weight excluding hydrogens is 400 g/mol. The van der Waals surface area contributed by atoms with E-state index in [1.165, 1.54) is 0 Å². The van der Waals surface area contributed by atoms with Gasteiger partial charge in [0.2, 0.25) is 5.82 Å². The molecule has 32 heavy (non-hydrogen) atoms. The first-order valence-electron chi connectivity index (χ1n) is 10.2. The van der Waals surface area contributed by atoms with E-state index in [4.69, 9.17) is 5.10 Å². The SMILES string of the molecule is Cc1cc(C)cc(C(=O)Nc2ccc(-c3ccc4nnc(-c5ccccn5)n4n3)cc2)c1. The minimum absolute atomic E-state index is 0.131. The van der Waals surface area contributed by atoms with Crippen molar-refractivity contribution in [1.29, 1.82) is 0 Å². The maximum absolute atomic E-state index is 12.6. The van der Waals surface area contributed by atoms with Crippen molar-refractivity contribution in [3.63, 3.8) is 0 Å². The maximum atomic E-state index is 12.6. The van der Waals surface area contributed by atoms with Gasteiger partial charge in [-0.15, -0.1) is 10.2 Å². The number of carbonyl (C=O) groups excluding carboxylic acids is 1. The molecule has 0 aliphatic rings. The number of aromatic nitrogens is 5. The van der Waals surface area contributed by atoms with Crippen LogP contribution in [0.2, 0.25) is 0 Å². The number of pyridine rings is 1. The van der Waals surface area contributed by atoms with Crippen LogP contribution in [0.5, 0.6) is 0 Å². The van der Waals surface area contributed by atoms with Crippen molar-refractivity contribution in [2.75, 3.05) is 5.32 Å². The van der Waals surface area contributed by atoms with E-state index in [1.54, 1.807) is 10.7 Å². The molecule has 0 unspecified atom stereocenters. The lowest BCUT2D eigenvalue weighted by atomic mass is 10.1. The molecule has 5 rings (SSSR count). The lowest BCUT2D eigenvalue weighted by Gasteiger charge is -2.08. The van der Waals surface area contributed by atoms with Gasteiger partial charge in [-0.1, -0.05) is 35.4 Å². The summed E-state index contributed by atoms with van der Waals surface area (Å²) < 4.78 is 1.69. The van der Waals surface area contributed by atoms with Gasteiger partial charge in [0.1, 0.15) is 5.69 Å². The van der Waals surface area contributed by atoms with Gasteiger partial charge in [0.25, 0.3) is 5.91 Å². The van der Waals surface area contributed by atoms with E-state index in [-0.39, 0.29) is 5.91 Å². The van der Waals surface area contributed by atoms with Crippen LogP contribution in [-0.4, -0.2) is 30.7 Å². The lowest BCUT2D eigenvalue weighted by Crippen LogP contribution is -2.12. The Labute approximate surface area is 184 Å². The fourth-order valence-corrected chi connectivity index (χ4v) is 3.63. The van der Waals surface area contributed by atoms with E-state index in [1.807, 2.05) is 86.6 Å². The molecule has 0 atom stereocenters. The number of hydrogen-bond acceptors (Lipinski definition) is 5. The van der Waals surface area contributed by atoms with Crippen LogP contribution >= 0.6 is 0 Å². The Bertz CT molecular complexity index is 1400. The molecule has 156 valence electrons. The average Bonchev–Trinajstić information content (AvgIpc) is 3.23. The number of benzene rings is 2. The van der Waals surface area contributed by atoms with Crippen LogP contribution in [0.1, 0.15) is 21.5 Å². The van der Waals surface area contributed by atoms with Crippen molar-refractivity contribution >= 4 is 17.2 Å². The average molecular weight is 420 g/mol. The number of anilines is 1. The summed E-state index contributed by atoms with van der Waals surface area (Å²) in [5, 5.41) is 16.1. The topological polar surface area (TPSA) is 85.1 Å². The molecule has 7 heteroatoms. The van der Waals surface area contributed by atoms with Crippen LogP contribution in [0.15, 0.2) is 79.0 Å². The van der Waals surface area contributed by atoms with Gasteiger partial charge in [-0.3, -0.25) is 9.78 Å². The van der Waals surface area contributed by atoms with Crippen LogP contribution in [-0.2, 0) is 0 Å². The fraction of sp³-hybridized carbons (Fsp3) is 0.0800. The second-order valence-electron chi connectivity index (χ2n) is 7.64. The van der Waals surface area contributed by atoms with Gasteiger partial charge in [0.05, 0.1) is 5.69 Å². The summed E-state index contributed by atoms with van der Waals surface area (Å²) in [5.41, 5.74) is 6.52. The lowest BCUT2D eigenvalue weighted by molar-refractivity contribution is 0.102. The monoisotopic (exact) mass is 420 g/mol. The smallest absolute Gasteiger partial charge is 0.255 e. The molecule has 0 spiro atoms. The Balaban J connectivity index is 1.40. The zero-order chi connectivity index (χ0) is 22.1. The predicted octanol–water partition coefficient (Wildman–Crippen LogP) is 4.72. The number of carbonyl (C=O) groups is 1. The third kappa shape index (κ3) is 3.83. The molecule has 2 aromatic carbocycles. The minimum atomic E-state index is -0.131. The van der Waals surface area contributed by atoms with Crippen molar-refractivity contribution < 1.29 is 4.79 Å². The van der Waals surface area contributed by atoms with Gasteiger partial charge in [0, 0.05) is 23.0 Å². The van der Waals surface area contributed by atoms with E-state index in [0.717, 1.165) is 28.1 Å². The van der Waals surface area contributed by atoms with Gasteiger partial charge in [-0.2, -0.15) is 9.61 Å². The normalized spacial score (nSPS) is 10.9. The molecule has 1 amide bonds. The van der Waals surface area contributed by atoms with Gasteiger partial charge < -0.3 is 5.32 Å². The molecule has 0 radical (unpaired) electrons. The Hall–Kier alpha value is -4.39. The fourth-order valence-electron chi connectivity index (χ4n) is 3.63. The van der Waals surface area contributed by atoms with Gasteiger partial charge in [-0.25, -0.2) is 0 Å². The molecule has 0 aliphatic carbocycles. The zero-order valence-corrected chi connectivity index (χ0v) is 17.6. The van der Waals surface area contributed by atoms with E-state index >= 15 is 0 Å². The summed E-state index contributed by atoms with van der Waals surface area (Å²) in [6.45, 7) is 3.97. The molecule has 0 saturated heterocycles. The highest BCUT2D eigenvalue weighted by molar-refractivity contribution is 6.04. The van der Waals surface area contributed by atoms with Crippen molar-refractivity contribution in [3.05, 3.63) is 95.7 Å². The van der Waals surface area contributed by atoms with Gasteiger partial charge in [0.15, 0.2) is 5.65 Å². The largest absolute Gasteiger partial charge is 0.322 e. The summed E-state index contributed by atoms with van der Waals surface area (Å²) in [4.78, 5) is 17.0. The number of hydrogen-bond donors (Lipinski definition) is 1. The number of nitrogens with zero attached hydrogens (tertiary/aromatic N) is 5. The Kier molecular flexibility index (Phi) is 4.91. The van der Waals surface area contributed by atoms with Crippen molar-refractivity contribution in [3.8, 4) is 22.8 Å². The highest BCUT2D eigenvalue weighted by Crippen LogP contribution is 2.22. The van der Waals surface area contributed by atoms with E-state index in [2.05, 4.69) is 20.5 Å². The summed E-state index contributed by atoms with van der Waals surface area (Å²) in [5.74, 6) is 0.452. The second kappa shape index (κ2) is 8.03. The summed E-state index contributed by atoms with van der Waals surface area (Å²) >= 11 is 0. The van der Waals surface area contributed by atoms with Gasteiger partial charge >= 0.3 is 0 Å². The molecular formula is C25H20N6O. The maximum Gasteiger partial charge on any atom is 0.255 e. The first kappa shape index (κ1) is 19.6. The highest BCUT2D eigenvalue weighted by Gasteiger charge is 2.12. The summed E-state index contributed by atoms with van der Waals surface area (Å²) in [7, 11) is 0. The number of amides is 1. The molecule has 0 bridgehead atoms. The third-order valence-electron chi connectivity index (χ3n) is 5.08. The summed E-state index contributed by atoms with van der Waals surface area (Å²) in [6.07, 6.45) is 1.71. The Morgan fingerprint density at radius 3 is 2.34 bits per heavy atom. The van der Waals surface area contributed by atoms with Crippen molar-refractivity contribution in [2.24, 2.45) is 0 Å². The molecule has 5 aromatic rings. The van der Waals surface area contributed by atoms with Crippen LogP contribution in [0, 0.1) is 13.8 Å². The van der Waals surface area contributed by atoms with Crippen LogP contribution in [0.4, 0.5) is 5.69 Å². The third-order valence-corrected chi connectivity index (χ3v) is 5.08. The molecule has 7 nitrogen and oxygen atoms in total. The van der Waals surface area contributed by atoms with Crippen molar-refractivity contribution in [2.45, 2.75) is 13.8 Å². The van der Waals surface area contributed by atoms with Gasteiger partial charge in [-0.05, 0) is 62.4 Å². The van der Waals surface area contributed by atoms with Crippen LogP contribution in [0.25, 0.3) is 28.4 Å². The number of fused-ring (bicyclic) bond motifs is 1. The van der Waals surface area contributed by atoms with Crippen LogP contribution < -0.4 is 5.32 Å². The first-order chi connectivity index (χ1) is 15.6. The molecule has 3 aromatic heterocycles. The number of aryl methyl sites for hydroxylation is 2. The predicted molar refractivity (Wildman–Crippen MR) is 123 cm³/mol. The van der Waals surface area contributed by atoms with Crippen molar-refractivity contribution in [1.82, 2.24) is 24.8 Å². The quantitative estimate of drug-likeness (QED) is 0.455. The highest BCUT2D eigenvalue weighted by atomic mass is 16.1. The number of rotatable bonds is 4. The standard InChI is InChI=1S/C25H20N6O/c1-16-13-17(2)15-19(14-16)25(32)27-20-8-6-18(7-9-20)21-10-11-23-28-29-24(31(23)30-21)22-5-3-4-12-26-22/h3-15H,1-2H3,(H,27,32). The molecule has 0 saturated carbocycles. The summed E-state index contributed by atoms with van der Waals surface area (Å²) in [6, 6.07) is 22.8. The molecule has 0 aliphatic heterocycles. The zero-order valence-electron chi connectivity index (χ0n) is 17.6. The van der Waals surface area contributed by atoms with E-state index < -0.39 is 0 Å². The van der Waals surface area contributed by atoms with E-state index in [0.29, 0.717) is 22.7 Å². The second-order valence-corrected chi connectivity index (χ2v) is 7.64. The Morgan fingerprint density at radius 1 is 0.844 bits per heavy atom. The first-order valence-corrected chi connectivity index (χ1v) is 10.2. The minimum Gasteiger partial charge on any atom is -0.322 e. The Morgan fingerprint density at radius 2 is 1.62 bits per heavy atom. The van der Waals surface area contributed by atoms with E-state index in [9.17, 15) is 4.79 Å². The molecule has 3 heterocycles. The number of nitrogens with one attached hydrogen (secondary N) is 1. The molecule has 0 fully saturated rings. The van der Waals surface area contributed by atoms with Crippen LogP contribution in [0.3, 0.4) is 0 Å². The molecule has 1 N–H and O–H groups in total.